The standard InChI is InChI=1S/C22H29NO6/c1-3-27-22-16(8-6-11-24)17(13-20(29-22)21(25)23-10-12-26-2)18-14-28-19-9-5-4-7-15(18)19/h4-5,7,9,13-14,16-17,22,24H,3,6,8,10-12H2,1-2H3,(H,23,25)/t16-,17+,22-/m0/s1. The van der Waals surface area contributed by atoms with E-state index in [4.69, 9.17) is 18.6 Å². The highest BCUT2D eigenvalue weighted by molar-refractivity contribution is 5.92. The molecule has 0 spiro atoms. The van der Waals surface area contributed by atoms with Gasteiger partial charge in [-0.1, -0.05) is 18.2 Å². The van der Waals surface area contributed by atoms with E-state index in [1.165, 1.54) is 0 Å². The molecule has 0 saturated carbocycles. The average Bonchev–Trinajstić information content (AvgIpc) is 3.16. The molecule has 7 heteroatoms. The molecule has 0 aliphatic carbocycles. The lowest BCUT2D eigenvalue weighted by atomic mass is 9.80. The smallest absolute Gasteiger partial charge is 0.286 e. The number of amides is 1. The van der Waals surface area contributed by atoms with Crippen LogP contribution >= 0.6 is 0 Å². The number of aliphatic hydroxyl groups excluding tert-OH is 1. The molecule has 1 aromatic heterocycles. The molecule has 0 fully saturated rings. The summed E-state index contributed by atoms with van der Waals surface area (Å²) >= 11 is 0. The number of fused-ring (bicyclic) bond motifs is 1. The van der Waals surface area contributed by atoms with Crippen LogP contribution in [0.3, 0.4) is 0 Å². The molecule has 2 heterocycles. The largest absolute Gasteiger partial charge is 0.464 e. The van der Waals surface area contributed by atoms with Gasteiger partial charge in [0.15, 0.2) is 5.76 Å². The molecule has 3 atom stereocenters. The lowest BCUT2D eigenvalue weighted by molar-refractivity contribution is -0.166. The van der Waals surface area contributed by atoms with Gasteiger partial charge in [0.25, 0.3) is 5.91 Å². The van der Waals surface area contributed by atoms with Gasteiger partial charge in [-0.3, -0.25) is 4.79 Å². The molecule has 0 bridgehead atoms. The van der Waals surface area contributed by atoms with Crippen molar-refractivity contribution >= 4 is 16.9 Å². The SMILES string of the molecule is CCO[C@H]1OC(C(=O)NCCOC)=C[C@@H](c2coc3ccccc23)[C@@H]1CCCO. The topological polar surface area (TPSA) is 90.2 Å². The van der Waals surface area contributed by atoms with E-state index in [-0.39, 0.29) is 30.1 Å². The maximum Gasteiger partial charge on any atom is 0.286 e. The lowest BCUT2D eigenvalue weighted by Crippen LogP contribution is -2.39. The summed E-state index contributed by atoms with van der Waals surface area (Å²) in [7, 11) is 1.58. The van der Waals surface area contributed by atoms with E-state index in [9.17, 15) is 9.90 Å². The van der Waals surface area contributed by atoms with E-state index in [0.717, 1.165) is 16.5 Å². The predicted octanol–water partition coefficient (Wildman–Crippen LogP) is 2.94. The molecule has 7 nitrogen and oxygen atoms in total. The number of methoxy groups -OCH3 is 1. The van der Waals surface area contributed by atoms with Gasteiger partial charge in [-0.15, -0.1) is 0 Å². The second-order valence-corrected chi connectivity index (χ2v) is 6.96. The minimum Gasteiger partial charge on any atom is -0.464 e. The highest BCUT2D eigenvalue weighted by atomic mass is 16.7. The minimum atomic E-state index is -0.585. The molecule has 0 unspecified atom stereocenters. The van der Waals surface area contributed by atoms with E-state index in [1.807, 2.05) is 37.3 Å². The molecule has 29 heavy (non-hydrogen) atoms. The Morgan fingerprint density at radius 1 is 1.31 bits per heavy atom. The Labute approximate surface area is 170 Å². The Hall–Kier alpha value is -2.35. The fraction of sp³-hybridized carbons (Fsp3) is 0.500. The third-order valence-corrected chi connectivity index (χ3v) is 5.10. The van der Waals surface area contributed by atoms with Crippen LogP contribution in [-0.2, 0) is 19.0 Å². The van der Waals surface area contributed by atoms with Gasteiger partial charge in [0.1, 0.15) is 5.58 Å². The Morgan fingerprint density at radius 3 is 2.90 bits per heavy atom. The van der Waals surface area contributed by atoms with Crippen molar-refractivity contribution < 1.29 is 28.5 Å². The summed E-state index contributed by atoms with van der Waals surface area (Å²) in [6.45, 7) is 3.25. The zero-order valence-corrected chi connectivity index (χ0v) is 16.9. The first-order valence-electron chi connectivity index (χ1n) is 10.0. The number of benzene rings is 1. The molecule has 158 valence electrons. The first kappa shape index (κ1) is 21.4. The van der Waals surface area contributed by atoms with Crippen LogP contribution in [0.15, 0.2) is 46.8 Å². The summed E-state index contributed by atoms with van der Waals surface area (Å²) < 4.78 is 22.5. The fourth-order valence-electron chi connectivity index (χ4n) is 3.73. The monoisotopic (exact) mass is 403 g/mol. The second-order valence-electron chi connectivity index (χ2n) is 6.96. The average molecular weight is 403 g/mol. The molecule has 1 amide bonds. The van der Waals surface area contributed by atoms with Gasteiger partial charge in [0, 0.05) is 49.7 Å². The molecule has 1 aliphatic rings. The summed E-state index contributed by atoms with van der Waals surface area (Å²) in [5.41, 5.74) is 1.78. The van der Waals surface area contributed by atoms with Gasteiger partial charge >= 0.3 is 0 Å². The molecule has 2 aromatic rings. The quantitative estimate of drug-likeness (QED) is 0.593. The summed E-state index contributed by atoms with van der Waals surface area (Å²) in [4.78, 5) is 12.6. The van der Waals surface area contributed by atoms with Crippen LogP contribution in [0.1, 0.15) is 31.2 Å². The molecule has 1 aromatic carbocycles. The number of ether oxygens (including phenoxy) is 3. The molecule has 0 saturated heterocycles. The van der Waals surface area contributed by atoms with Crippen molar-refractivity contribution in [3.8, 4) is 0 Å². The number of furan rings is 1. The third-order valence-electron chi connectivity index (χ3n) is 5.10. The molecular weight excluding hydrogens is 374 g/mol. The fourth-order valence-corrected chi connectivity index (χ4v) is 3.73. The number of allylic oxidation sites excluding steroid dienone is 1. The van der Waals surface area contributed by atoms with Gasteiger partial charge in [0.2, 0.25) is 6.29 Å². The van der Waals surface area contributed by atoms with Gasteiger partial charge in [-0.2, -0.15) is 0 Å². The zero-order chi connectivity index (χ0) is 20.6. The Bertz CT molecular complexity index is 830. The highest BCUT2D eigenvalue weighted by Gasteiger charge is 2.39. The summed E-state index contributed by atoms with van der Waals surface area (Å²) in [5.74, 6) is -0.266. The number of aliphatic hydroxyl groups is 1. The second kappa shape index (κ2) is 10.4. The van der Waals surface area contributed by atoms with Crippen molar-refractivity contribution in [3.63, 3.8) is 0 Å². The number of nitrogens with one attached hydrogen (secondary N) is 1. The van der Waals surface area contributed by atoms with Crippen LogP contribution in [0, 0.1) is 5.92 Å². The highest BCUT2D eigenvalue weighted by Crippen LogP contribution is 2.42. The maximum atomic E-state index is 12.6. The van der Waals surface area contributed by atoms with Crippen LogP contribution in [0.4, 0.5) is 0 Å². The first-order valence-corrected chi connectivity index (χ1v) is 10.0. The lowest BCUT2D eigenvalue weighted by Gasteiger charge is -2.36. The molecule has 0 radical (unpaired) electrons. The van der Waals surface area contributed by atoms with Gasteiger partial charge < -0.3 is 29.1 Å². The zero-order valence-electron chi connectivity index (χ0n) is 16.9. The van der Waals surface area contributed by atoms with Crippen molar-refractivity contribution in [1.82, 2.24) is 5.32 Å². The van der Waals surface area contributed by atoms with Crippen molar-refractivity contribution in [2.45, 2.75) is 32.0 Å². The van der Waals surface area contributed by atoms with Crippen LogP contribution < -0.4 is 5.32 Å². The molecule has 2 N–H and O–H groups in total. The first-order chi connectivity index (χ1) is 14.2. The summed E-state index contributed by atoms with van der Waals surface area (Å²) in [5, 5.41) is 13.2. The number of hydrogen-bond donors (Lipinski definition) is 2. The number of rotatable bonds is 10. The number of carbonyl (C=O) groups is 1. The third kappa shape index (κ3) is 4.98. The van der Waals surface area contributed by atoms with Gasteiger partial charge in [-0.05, 0) is 31.9 Å². The summed E-state index contributed by atoms with van der Waals surface area (Å²) in [6.07, 6.45) is 4.32. The Morgan fingerprint density at radius 2 is 2.14 bits per heavy atom. The summed E-state index contributed by atoms with van der Waals surface area (Å²) in [6, 6.07) is 7.82. The van der Waals surface area contributed by atoms with E-state index in [1.54, 1.807) is 13.4 Å². The van der Waals surface area contributed by atoms with Crippen molar-refractivity contribution in [2.24, 2.45) is 5.92 Å². The maximum absolute atomic E-state index is 12.6. The van der Waals surface area contributed by atoms with Gasteiger partial charge in [-0.25, -0.2) is 0 Å². The molecule has 3 rings (SSSR count). The predicted molar refractivity (Wildman–Crippen MR) is 108 cm³/mol. The number of para-hydroxylation sites is 1. The van der Waals surface area contributed by atoms with E-state index in [0.29, 0.717) is 32.6 Å². The van der Waals surface area contributed by atoms with E-state index < -0.39 is 6.29 Å². The van der Waals surface area contributed by atoms with E-state index in [2.05, 4.69) is 5.32 Å². The van der Waals surface area contributed by atoms with Gasteiger partial charge in [0.05, 0.1) is 12.9 Å². The van der Waals surface area contributed by atoms with Crippen LogP contribution in [0.2, 0.25) is 0 Å². The van der Waals surface area contributed by atoms with Crippen LogP contribution in [0.25, 0.3) is 11.0 Å². The molecule has 1 aliphatic heterocycles. The Balaban J connectivity index is 1.97. The normalized spacial score (nSPS) is 21.6. The van der Waals surface area contributed by atoms with E-state index >= 15 is 0 Å². The van der Waals surface area contributed by atoms with Crippen molar-refractivity contribution in [3.05, 3.63) is 47.9 Å². The van der Waals surface area contributed by atoms with Crippen molar-refractivity contribution in [2.75, 3.05) is 33.5 Å². The molecular formula is C22H29NO6. The van der Waals surface area contributed by atoms with Crippen LogP contribution in [-0.4, -0.2) is 50.8 Å². The number of carbonyl (C=O) groups excluding carboxylic acids is 1. The minimum absolute atomic E-state index is 0.0568. The number of hydrogen-bond acceptors (Lipinski definition) is 6. The van der Waals surface area contributed by atoms with Crippen molar-refractivity contribution in [1.29, 1.82) is 0 Å². The van der Waals surface area contributed by atoms with Crippen LogP contribution in [0.5, 0.6) is 0 Å². The Kier molecular flexibility index (Phi) is 7.69.